The number of rotatable bonds is 10. The molecule has 0 aromatic carbocycles. The predicted molar refractivity (Wildman–Crippen MR) is 107 cm³/mol. The third kappa shape index (κ3) is 39.6. The molecule has 0 heterocycles. The van der Waals surface area contributed by atoms with E-state index in [2.05, 4.69) is 41.5 Å². The fraction of sp³-hybridized carbons (Fsp3) is 0.900. The molecular weight excluding hydrogens is 542 g/mol. The zero-order valence-electron chi connectivity index (χ0n) is 17.7. The van der Waals surface area contributed by atoms with Crippen LogP contribution in [0, 0.1) is 10.8 Å². The van der Waals surface area contributed by atoms with Crippen molar-refractivity contribution in [2.75, 3.05) is 0 Å². The van der Waals surface area contributed by atoms with Gasteiger partial charge in [-0.15, -0.1) is 0 Å². The zero-order valence-corrected chi connectivity index (χ0v) is 23.4. The number of hydrogen-bond donors (Lipinski definition) is 0. The zero-order chi connectivity index (χ0) is 19.2. The minimum Gasteiger partial charge on any atom is -0.550 e. The van der Waals surface area contributed by atoms with E-state index in [1.807, 2.05) is 0 Å². The number of carboxylic acids is 2. The Morgan fingerprint density at radius 1 is 0.615 bits per heavy atom. The van der Waals surface area contributed by atoms with E-state index >= 15 is 0 Å². The molecule has 150 valence electrons. The molecule has 0 aromatic rings. The Morgan fingerprint density at radius 3 is 1.08 bits per heavy atom. The first-order valence-corrected chi connectivity index (χ1v) is 9.23. The largest absolute Gasteiger partial charge is 2.00 e. The minimum atomic E-state index is -0.925. The predicted octanol–water partition coefficient (Wildman–Crippen LogP) is 2.70. The molecular formula is C20H38O4Sn2. The number of carbonyl (C=O) groups is 2. The van der Waals surface area contributed by atoms with E-state index in [1.54, 1.807) is 0 Å². The van der Waals surface area contributed by atoms with Gasteiger partial charge >= 0.3 is 23.9 Å². The van der Waals surface area contributed by atoms with Crippen molar-refractivity contribution in [1.29, 1.82) is 0 Å². The van der Waals surface area contributed by atoms with Crippen molar-refractivity contribution < 1.29 is 19.8 Å². The molecule has 0 atom stereocenters. The fourth-order valence-corrected chi connectivity index (χ4v) is 2.20. The number of hydrogen-bond acceptors (Lipinski definition) is 4. The molecule has 0 spiro atoms. The Hall–Kier alpha value is 0.537. The van der Waals surface area contributed by atoms with Crippen molar-refractivity contribution in [3.63, 3.8) is 0 Å². The Bertz CT molecular complexity index is 311. The smallest absolute Gasteiger partial charge is 0.550 e. The summed E-state index contributed by atoms with van der Waals surface area (Å²) in [5.74, 6) is -1.85. The maximum absolute atomic E-state index is 10.0. The summed E-state index contributed by atoms with van der Waals surface area (Å²) in [6.07, 6.45) is 8.54. The van der Waals surface area contributed by atoms with E-state index in [1.165, 1.54) is 12.8 Å². The van der Waals surface area contributed by atoms with Gasteiger partial charge in [0.25, 0.3) is 0 Å². The first-order chi connectivity index (χ1) is 10.8. The number of unbranched alkanes of at least 4 members (excludes halogenated alkanes) is 4. The van der Waals surface area contributed by atoms with Gasteiger partial charge in [0.2, 0.25) is 0 Å². The van der Waals surface area contributed by atoms with Crippen LogP contribution >= 0.6 is 0 Å². The van der Waals surface area contributed by atoms with Crippen LogP contribution in [-0.2, 0) is 9.59 Å². The molecule has 0 unspecified atom stereocenters. The molecule has 0 saturated heterocycles. The molecule has 0 N–H and O–H groups in total. The fourth-order valence-electron chi connectivity index (χ4n) is 2.20. The number of carboxylic acid groups (broad SMARTS) is 2. The molecule has 26 heavy (non-hydrogen) atoms. The molecule has 6 radical (unpaired) electrons. The second-order valence-electron chi connectivity index (χ2n) is 8.99. The monoisotopic (exact) mass is 582 g/mol. The Balaban J connectivity index is -0.000000173. The van der Waals surface area contributed by atoms with Gasteiger partial charge in [0.15, 0.2) is 0 Å². The molecule has 0 aliphatic rings. The van der Waals surface area contributed by atoms with E-state index in [0.29, 0.717) is 10.8 Å². The van der Waals surface area contributed by atoms with Crippen LogP contribution in [0.5, 0.6) is 0 Å². The first-order valence-electron chi connectivity index (χ1n) is 9.23. The summed E-state index contributed by atoms with van der Waals surface area (Å²) in [4.78, 5) is 20.1. The van der Waals surface area contributed by atoms with E-state index in [0.717, 1.165) is 38.5 Å². The van der Waals surface area contributed by atoms with E-state index in [9.17, 15) is 19.8 Å². The summed E-state index contributed by atoms with van der Waals surface area (Å²) in [6, 6.07) is 0. The van der Waals surface area contributed by atoms with Gasteiger partial charge in [0.05, 0.1) is 0 Å². The molecule has 4 nitrogen and oxygen atoms in total. The Morgan fingerprint density at radius 2 is 0.885 bits per heavy atom. The van der Waals surface area contributed by atoms with Crippen molar-refractivity contribution >= 4 is 59.8 Å². The molecule has 0 bridgehead atoms. The Labute approximate surface area is 195 Å². The summed E-state index contributed by atoms with van der Waals surface area (Å²) in [5, 5.41) is 20.1. The molecule has 0 amide bonds. The third-order valence-corrected chi connectivity index (χ3v) is 3.62. The molecule has 0 aromatic heterocycles. The molecule has 6 heteroatoms. The molecule has 0 aliphatic carbocycles. The van der Waals surface area contributed by atoms with Crippen molar-refractivity contribution in [3.05, 3.63) is 0 Å². The van der Waals surface area contributed by atoms with Gasteiger partial charge in [-0.3, -0.25) is 0 Å². The van der Waals surface area contributed by atoms with E-state index in [4.69, 9.17) is 0 Å². The first kappa shape index (κ1) is 34.1. The average molecular weight is 580 g/mol. The van der Waals surface area contributed by atoms with Crippen molar-refractivity contribution in [2.45, 2.75) is 106 Å². The second-order valence-corrected chi connectivity index (χ2v) is 8.99. The molecule has 0 aliphatic heterocycles. The van der Waals surface area contributed by atoms with Crippen LogP contribution in [0.25, 0.3) is 0 Å². The maximum Gasteiger partial charge on any atom is 2.00 e. The van der Waals surface area contributed by atoms with Crippen molar-refractivity contribution in [1.82, 2.24) is 0 Å². The Kier molecular flexibility index (Phi) is 24.7. The quantitative estimate of drug-likeness (QED) is 0.295. The van der Waals surface area contributed by atoms with Gasteiger partial charge in [-0.25, -0.2) is 0 Å². The van der Waals surface area contributed by atoms with E-state index < -0.39 is 11.9 Å². The SMILES string of the molecule is CC(C)(C)CCCCCC(=O)[O-].CC(C)(C)CCCCCC(=O)[O-].[Sn+2].[Sn]. The van der Waals surface area contributed by atoms with Gasteiger partial charge in [-0.05, 0) is 49.4 Å². The van der Waals surface area contributed by atoms with Gasteiger partial charge in [0, 0.05) is 35.8 Å². The van der Waals surface area contributed by atoms with Crippen LogP contribution in [-0.4, -0.2) is 59.8 Å². The summed E-state index contributed by atoms with van der Waals surface area (Å²) >= 11 is 0. The number of carbonyl (C=O) groups excluding carboxylic acids is 2. The van der Waals surface area contributed by atoms with Crippen LogP contribution in [0.4, 0.5) is 0 Å². The standard InChI is InChI=1S/2C10H20O2.2Sn/c2*1-10(2,3)8-6-4-5-7-9(11)12;;/h2*4-8H2,1-3H3,(H,11,12);;/q;;;+2/p-2. The van der Waals surface area contributed by atoms with Crippen LogP contribution in [0.1, 0.15) is 106 Å². The average Bonchev–Trinajstić information content (AvgIpc) is 2.35. The van der Waals surface area contributed by atoms with Crippen molar-refractivity contribution in [2.24, 2.45) is 10.8 Å². The summed E-state index contributed by atoms with van der Waals surface area (Å²) in [5.41, 5.74) is 0.753. The molecule has 0 rings (SSSR count). The summed E-state index contributed by atoms with van der Waals surface area (Å²) < 4.78 is 0. The van der Waals surface area contributed by atoms with E-state index in [-0.39, 0.29) is 60.7 Å². The summed E-state index contributed by atoms with van der Waals surface area (Å²) in [7, 11) is 0. The van der Waals surface area contributed by atoms with Crippen LogP contribution < -0.4 is 10.2 Å². The molecule has 0 fully saturated rings. The van der Waals surface area contributed by atoms with Crippen molar-refractivity contribution in [3.8, 4) is 0 Å². The number of aliphatic carboxylic acids is 2. The van der Waals surface area contributed by atoms with Crippen LogP contribution in [0.2, 0.25) is 0 Å². The van der Waals surface area contributed by atoms with Gasteiger partial charge < -0.3 is 19.8 Å². The maximum atomic E-state index is 10.0. The topological polar surface area (TPSA) is 80.3 Å². The summed E-state index contributed by atoms with van der Waals surface area (Å²) in [6.45, 7) is 13.2. The molecule has 0 saturated carbocycles. The second kappa shape index (κ2) is 18.9. The van der Waals surface area contributed by atoms with Crippen LogP contribution in [0.3, 0.4) is 0 Å². The third-order valence-electron chi connectivity index (χ3n) is 3.62. The van der Waals surface area contributed by atoms with Gasteiger partial charge in [0.1, 0.15) is 0 Å². The minimum absolute atomic E-state index is 0. The normalized spacial score (nSPS) is 10.7. The van der Waals surface area contributed by atoms with Crippen LogP contribution in [0.15, 0.2) is 0 Å². The van der Waals surface area contributed by atoms with Gasteiger partial charge in [-0.2, -0.15) is 0 Å². The van der Waals surface area contributed by atoms with Gasteiger partial charge in [-0.1, -0.05) is 67.2 Å².